The van der Waals surface area contributed by atoms with Gasteiger partial charge < -0.3 is 19.6 Å². The second-order valence-electron chi connectivity index (χ2n) is 6.87. The number of hydrogen-bond acceptors (Lipinski definition) is 7. The lowest BCUT2D eigenvalue weighted by Crippen LogP contribution is -2.50. The Morgan fingerprint density at radius 3 is 2.23 bits per heavy atom. The molecule has 0 aromatic rings. The number of nitrogens with one attached hydrogen (secondary N) is 1. The molecule has 10 heteroatoms. The molecule has 0 fully saturated rings. The standard InChI is InChI=1S/C16H29NO8S/c1-11(18)6-7-13(8-9-25-15(20)12(2)24-5)14(19)17-16(3,4)10-26(21,22)23/h12-13H,6-10H2,1-5H3,(H,17,19)(H,21,22,23). The van der Waals surface area contributed by atoms with Gasteiger partial charge in [-0.05, 0) is 40.5 Å². The minimum Gasteiger partial charge on any atom is -0.464 e. The van der Waals surface area contributed by atoms with Gasteiger partial charge in [-0.1, -0.05) is 0 Å². The van der Waals surface area contributed by atoms with Crippen LogP contribution in [0.25, 0.3) is 0 Å². The van der Waals surface area contributed by atoms with Crippen LogP contribution in [0, 0.1) is 5.92 Å². The average molecular weight is 395 g/mol. The van der Waals surface area contributed by atoms with E-state index in [1.807, 2.05) is 0 Å². The third-order valence-corrected chi connectivity index (χ3v) is 4.70. The number of rotatable bonds is 12. The number of ketones is 1. The number of Topliss-reactive ketones (excluding diaryl/α,β-unsaturated/α-hetero) is 1. The lowest BCUT2D eigenvalue weighted by Gasteiger charge is -2.27. The molecule has 152 valence electrons. The fraction of sp³-hybridized carbons (Fsp3) is 0.812. The molecule has 0 aliphatic rings. The molecule has 0 bridgehead atoms. The molecule has 0 aromatic heterocycles. The second-order valence-corrected chi connectivity index (χ2v) is 8.32. The Morgan fingerprint density at radius 2 is 1.77 bits per heavy atom. The van der Waals surface area contributed by atoms with Gasteiger partial charge in [0.2, 0.25) is 5.91 Å². The second kappa shape index (κ2) is 10.6. The van der Waals surface area contributed by atoms with Crippen LogP contribution in [0.3, 0.4) is 0 Å². The third-order valence-electron chi connectivity index (χ3n) is 3.62. The SMILES string of the molecule is COC(C)C(=O)OCCC(CCC(C)=O)C(=O)NC(C)(C)CS(=O)(=O)O. The van der Waals surface area contributed by atoms with E-state index in [2.05, 4.69) is 5.32 Å². The average Bonchev–Trinajstić information content (AvgIpc) is 2.45. The van der Waals surface area contributed by atoms with Crippen molar-refractivity contribution < 1.29 is 36.8 Å². The van der Waals surface area contributed by atoms with Crippen LogP contribution in [0.2, 0.25) is 0 Å². The summed E-state index contributed by atoms with van der Waals surface area (Å²) in [6, 6.07) is 0. The van der Waals surface area contributed by atoms with Gasteiger partial charge in [0.15, 0.2) is 6.10 Å². The maximum absolute atomic E-state index is 12.5. The van der Waals surface area contributed by atoms with E-state index in [4.69, 9.17) is 14.0 Å². The number of hydrogen-bond donors (Lipinski definition) is 2. The molecule has 0 aromatic carbocycles. The first kappa shape index (κ1) is 24.5. The van der Waals surface area contributed by atoms with E-state index in [-0.39, 0.29) is 31.7 Å². The van der Waals surface area contributed by atoms with Crippen molar-refractivity contribution in [2.45, 2.75) is 58.6 Å². The summed E-state index contributed by atoms with van der Waals surface area (Å²) >= 11 is 0. The molecule has 0 rings (SSSR count). The Kier molecular flexibility index (Phi) is 9.97. The predicted molar refractivity (Wildman–Crippen MR) is 94.1 cm³/mol. The molecular formula is C16H29NO8S. The molecule has 0 spiro atoms. The molecule has 2 N–H and O–H groups in total. The summed E-state index contributed by atoms with van der Waals surface area (Å²) in [6.45, 7) is 5.81. The fourth-order valence-electron chi connectivity index (χ4n) is 2.23. The number of carbonyl (C=O) groups is 3. The van der Waals surface area contributed by atoms with Crippen molar-refractivity contribution in [1.29, 1.82) is 0 Å². The van der Waals surface area contributed by atoms with Gasteiger partial charge in [0.05, 0.1) is 17.9 Å². The van der Waals surface area contributed by atoms with E-state index in [1.165, 1.54) is 34.8 Å². The van der Waals surface area contributed by atoms with Crippen molar-refractivity contribution in [1.82, 2.24) is 5.32 Å². The van der Waals surface area contributed by atoms with Crippen LogP contribution in [-0.2, 0) is 34.0 Å². The minimum absolute atomic E-state index is 0.0404. The van der Waals surface area contributed by atoms with Crippen LogP contribution >= 0.6 is 0 Å². The molecule has 1 amide bonds. The van der Waals surface area contributed by atoms with Gasteiger partial charge in [-0.3, -0.25) is 9.35 Å². The summed E-state index contributed by atoms with van der Waals surface area (Å²) in [4.78, 5) is 35.2. The first-order chi connectivity index (χ1) is 11.8. The summed E-state index contributed by atoms with van der Waals surface area (Å²) < 4.78 is 40.9. The molecule has 2 atom stereocenters. The molecule has 9 nitrogen and oxygen atoms in total. The molecule has 2 unspecified atom stereocenters. The van der Waals surface area contributed by atoms with E-state index >= 15 is 0 Å². The number of ether oxygens (including phenoxy) is 2. The van der Waals surface area contributed by atoms with Crippen molar-refractivity contribution >= 4 is 27.8 Å². The highest BCUT2D eigenvalue weighted by Gasteiger charge is 2.30. The highest BCUT2D eigenvalue weighted by molar-refractivity contribution is 7.85. The zero-order valence-electron chi connectivity index (χ0n) is 15.9. The van der Waals surface area contributed by atoms with Gasteiger partial charge in [-0.15, -0.1) is 0 Å². The van der Waals surface area contributed by atoms with E-state index in [1.54, 1.807) is 0 Å². The first-order valence-electron chi connectivity index (χ1n) is 8.23. The van der Waals surface area contributed by atoms with E-state index in [9.17, 15) is 22.8 Å². The molecule has 0 saturated carbocycles. The van der Waals surface area contributed by atoms with Crippen LogP contribution in [-0.4, -0.2) is 61.7 Å². The Hall–Kier alpha value is -1.52. The first-order valence-corrected chi connectivity index (χ1v) is 9.84. The topological polar surface area (TPSA) is 136 Å². The van der Waals surface area contributed by atoms with Gasteiger partial charge in [0, 0.05) is 19.4 Å². The van der Waals surface area contributed by atoms with Gasteiger partial charge in [-0.25, -0.2) is 4.79 Å². The summed E-state index contributed by atoms with van der Waals surface area (Å²) in [5.41, 5.74) is -1.19. The Labute approximate surface area is 154 Å². The van der Waals surface area contributed by atoms with Gasteiger partial charge >= 0.3 is 5.97 Å². The normalized spacial score (nSPS) is 14.4. The van der Waals surface area contributed by atoms with Crippen molar-refractivity contribution in [3.05, 3.63) is 0 Å². The minimum atomic E-state index is -4.27. The van der Waals surface area contributed by atoms with Gasteiger partial charge in [0.25, 0.3) is 10.1 Å². The highest BCUT2D eigenvalue weighted by Crippen LogP contribution is 2.16. The maximum atomic E-state index is 12.5. The van der Waals surface area contributed by atoms with E-state index in [0.717, 1.165) is 0 Å². The van der Waals surface area contributed by atoms with Crippen LogP contribution in [0.1, 0.15) is 47.0 Å². The van der Waals surface area contributed by atoms with Gasteiger partial charge in [-0.2, -0.15) is 8.42 Å². The molecule has 26 heavy (non-hydrogen) atoms. The molecule has 0 aliphatic heterocycles. The van der Waals surface area contributed by atoms with Crippen molar-refractivity contribution in [3.8, 4) is 0 Å². The summed E-state index contributed by atoms with van der Waals surface area (Å²) in [5.74, 6) is -2.43. The lowest BCUT2D eigenvalue weighted by molar-refractivity contribution is -0.155. The summed E-state index contributed by atoms with van der Waals surface area (Å²) in [5, 5.41) is 2.55. The van der Waals surface area contributed by atoms with E-state index < -0.39 is 45.3 Å². The molecule has 0 saturated heterocycles. The number of amides is 1. The Bertz CT molecular complexity index is 599. The molecule has 0 radical (unpaired) electrons. The lowest BCUT2D eigenvalue weighted by atomic mass is 9.96. The summed E-state index contributed by atoms with van der Waals surface area (Å²) in [6.07, 6.45) is -0.156. The predicted octanol–water partition coefficient (Wildman–Crippen LogP) is 0.723. The summed E-state index contributed by atoms with van der Waals surface area (Å²) in [7, 11) is -2.90. The highest BCUT2D eigenvalue weighted by atomic mass is 32.2. The molecular weight excluding hydrogens is 366 g/mol. The Balaban J connectivity index is 4.86. The van der Waals surface area contributed by atoms with Crippen LogP contribution in [0.4, 0.5) is 0 Å². The number of methoxy groups -OCH3 is 1. The third kappa shape index (κ3) is 11.2. The van der Waals surface area contributed by atoms with Crippen molar-refractivity contribution in [2.75, 3.05) is 19.5 Å². The van der Waals surface area contributed by atoms with Gasteiger partial charge in [0.1, 0.15) is 5.78 Å². The van der Waals surface area contributed by atoms with Crippen molar-refractivity contribution in [2.24, 2.45) is 5.92 Å². The quantitative estimate of drug-likeness (QED) is 0.364. The fourth-order valence-corrected chi connectivity index (χ4v) is 3.21. The smallest absolute Gasteiger partial charge is 0.334 e. The largest absolute Gasteiger partial charge is 0.464 e. The zero-order chi connectivity index (χ0) is 20.5. The number of carbonyl (C=O) groups excluding carboxylic acids is 3. The van der Waals surface area contributed by atoms with Crippen LogP contribution < -0.4 is 5.32 Å². The zero-order valence-corrected chi connectivity index (χ0v) is 16.7. The van der Waals surface area contributed by atoms with Crippen LogP contribution in [0.5, 0.6) is 0 Å². The van der Waals surface area contributed by atoms with E-state index in [0.29, 0.717) is 0 Å². The maximum Gasteiger partial charge on any atom is 0.334 e. The Morgan fingerprint density at radius 1 is 1.19 bits per heavy atom. The molecule has 0 aliphatic carbocycles. The van der Waals surface area contributed by atoms with Crippen LogP contribution in [0.15, 0.2) is 0 Å². The van der Waals surface area contributed by atoms with Crippen molar-refractivity contribution in [3.63, 3.8) is 0 Å². The molecule has 0 heterocycles. The number of esters is 1. The monoisotopic (exact) mass is 395 g/mol.